The third-order valence-corrected chi connectivity index (χ3v) is 1.89. The summed E-state index contributed by atoms with van der Waals surface area (Å²) >= 11 is 0. The second-order valence-corrected chi connectivity index (χ2v) is 2.94. The summed E-state index contributed by atoms with van der Waals surface area (Å²) in [5, 5.41) is 0. The van der Waals surface area contributed by atoms with Crippen LogP contribution in [0.5, 0.6) is 0 Å². The van der Waals surface area contributed by atoms with Crippen molar-refractivity contribution in [3.05, 3.63) is 36.3 Å². The summed E-state index contributed by atoms with van der Waals surface area (Å²) in [5.74, 6) is 0.581. The summed E-state index contributed by atoms with van der Waals surface area (Å²) in [6.07, 6.45) is 1.60. The predicted octanol–water partition coefficient (Wildman–Crippen LogP) is 1.45. The molecule has 0 fully saturated rings. The number of hydrogen-bond acceptors (Lipinski definition) is 2. The van der Waals surface area contributed by atoms with E-state index in [0.717, 1.165) is 5.57 Å². The zero-order chi connectivity index (χ0) is 10.0. The van der Waals surface area contributed by atoms with Gasteiger partial charge in [-0.1, -0.05) is 13.2 Å². The normalized spacial score (nSPS) is 17.1. The van der Waals surface area contributed by atoms with Crippen LogP contribution in [0.4, 0.5) is 0 Å². The van der Waals surface area contributed by atoms with Crippen molar-refractivity contribution in [3.63, 3.8) is 0 Å². The number of ether oxygens (including phenoxy) is 1. The summed E-state index contributed by atoms with van der Waals surface area (Å²) in [5.41, 5.74) is 1.48. The molecule has 0 saturated carbocycles. The lowest BCUT2D eigenvalue weighted by Gasteiger charge is -2.27. The molecule has 13 heavy (non-hydrogen) atoms. The van der Waals surface area contributed by atoms with Gasteiger partial charge in [0.05, 0.1) is 5.70 Å². The number of carbonyl (C=O) groups excluding carboxylic acids is 1. The fourth-order valence-electron chi connectivity index (χ4n) is 1.16. The van der Waals surface area contributed by atoms with Crippen molar-refractivity contribution < 1.29 is 9.53 Å². The van der Waals surface area contributed by atoms with E-state index in [0.29, 0.717) is 11.5 Å². The molecule has 0 saturated heterocycles. The van der Waals surface area contributed by atoms with Crippen molar-refractivity contribution in [3.8, 4) is 0 Å². The molecule has 0 unspecified atom stereocenters. The monoisotopic (exact) mass is 179 g/mol. The summed E-state index contributed by atoms with van der Waals surface area (Å²) in [6.45, 7) is 9.31. The topological polar surface area (TPSA) is 29.5 Å². The van der Waals surface area contributed by atoms with Crippen LogP contribution >= 0.6 is 0 Å². The largest absolute Gasteiger partial charge is 0.481 e. The fraction of sp³-hybridized carbons (Fsp3) is 0.300. The molecule has 0 aliphatic carbocycles. The molecule has 1 amide bonds. The van der Waals surface area contributed by atoms with Gasteiger partial charge in [0.15, 0.2) is 6.61 Å². The summed E-state index contributed by atoms with van der Waals surface area (Å²) in [6, 6.07) is 0. The van der Waals surface area contributed by atoms with Gasteiger partial charge in [-0.15, -0.1) is 0 Å². The van der Waals surface area contributed by atoms with Crippen molar-refractivity contribution >= 4 is 5.91 Å². The maximum atomic E-state index is 11.2. The van der Waals surface area contributed by atoms with Crippen LogP contribution in [0, 0.1) is 0 Å². The third kappa shape index (κ3) is 1.64. The van der Waals surface area contributed by atoms with Crippen molar-refractivity contribution in [2.45, 2.75) is 6.92 Å². The SMILES string of the molecule is C=CC1=C(C(=C)C)OCC(=O)N1C. The molecule has 1 rings (SSSR count). The Morgan fingerprint density at radius 3 is 2.77 bits per heavy atom. The molecular formula is C10H13NO2. The summed E-state index contributed by atoms with van der Waals surface area (Å²) < 4.78 is 5.24. The first-order valence-corrected chi connectivity index (χ1v) is 4.00. The lowest BCUT2D eigenvalue weighted by atomic mass is 10.2. The number of likely N-dealkylation sites (N-methyl/N-ethyl adjacent to an activating group) is 1. The molecule has 70 valence electrons. The number of hydrogen-bond donors (Lipinski definition) is 0. The van der Waals surface area contributed by atoms with Crippen LogP contribution in [0.3, 0.4) is 0 Å². The molecule has 1 heterocycles. The highest BCUT2D eigenvalue weighted by atomic mass is 16.5. The van der Waals surface area contributed by atoms with E-state index >= 15 is 0 Å². The number of allylic oxidation sites excluding steroid dienone is 2. The van der Waals surface area contributed by atoms with Crippen molar-refractivity contribution in [1.29, 1.82) is 0 Å². The van der Waals surface area contributed by atoms with E-state index in [2.05, 4.69) is 13.2 Å². The molecule has 0 N–H and O–H groups in total. The van der Waals surface area contributed by atoms with Crippen molar-refractivity contribution in [2.75, 3.05) is 13.7 Å². The van der Waals surface area contributed by atoms with Crippen molar-refractivity contribution in [1.82, 2.24) is 4.90 Å². The van der Waals surface area contributed by atoms with Crippen LogP contribution in [0.25, 0.3) is 0 Å². The minimum Gasteiger partial charge on any atom is -0.481 e. The van der Waals surface area contributed by atoms with Crippen LogP contribution in [-0.4, -0.2) is 24.5 Å². The maximum Gasteiger partial charge on any atom is 0.264 e. The van der Waals surface area contributed by atoms with E-state index in [9.17, 15) is 4.79 Å². The molecule has 0 aromatic rings. The predicted molar refractivity (Wildman–Crippen MR) is 50.8 cm³/mol. The van der Waals surface area contributed by atoms with E-state index < -0.39 is 0 Å². The van der Waals surface area contributed by atoms with Crippen LogP contribution in [0.1, 0.15) is 6.92 Å². The average molecular weight is 179 g/mol. The maximum absolute atomic E-state index is 11.2. The first-order valence-electron chi connectivity index (χ1n) is 4.00. The molecule has 0 aromatic heterocycles. The lowest BCUT2D eigenvalue weighted by molar-refractivity contribution is -0.133. The van der Waals surface area contributed by atoms with E-state index in [4.69, 9.17) is 4.74 Å². The highest BCUT2D eigenvalue weighted by molar-refractivity contribution is 5.81. The van der Waals surface area contributed by atoms with Gasteiger partial charge in [-0.25, -0.2) is 0 Å². The first kappa shape index (κ1) is 9.58. The summed E-state index contributed by atoms with van der Waals surface area (Å²) in [4.78, 5) is 12.7. The molecular weight excluding hydrogens is 166 g/mol. The van der Waals surface area contributed by atoms with Gasteiger partial charge in [0.25, 0.3) is 5.91 Å². The summed E-state index contributed by atoms with van der Waals surface area (Å²) in [7, 11) is 1.70. The standard InChI is InChI=1S/C10H13NO2/c1-5-8-10(7(2)3)13-6-9(12)11(8)4/h5H,1-2,6H2,3-4H3. The van der Waals surface area contributed by atoms with Gasteiger partial charge in [0.1, 0.15) is 5.76 Å². The lowest BCUT2D eigenvalue weighted by Crippen LogP contribution is -2.34. The van der Waals surface area contributed by atoms with Crippen LogP contribution in [0.15, 0.2) is 36.3 Å². The van der Waals surface area contributed by atoms with Crippen LogP contribution < -0.4 is 0 Å². The number of carbonyl (C=O) groups is 1. The molecule has 3 heteroatoms. The van der Waals surface area contributed by atoms with Crippen molar-refractivity contribution in [2.24, 2.45) is 0 Å². The van der Waals surface area contributed by atoms with Gasteiger partial charge in [0, 0.05) is 7.05 Å². The molecule has 0 radical (unpaired) electrons. The Morgan fingerprint density at radius 2 is 2.31 bits per heavy atom. The molecule has 0 aromatic carbocycles. The Balaban J connectivity index is 3.13. The number of rotatable bonds is 2. The fourth-order valence-corrected chi connectivity index (χ4v) is 1.16. The molecule has 0 spiro atoms. The Hall–Kier alpha value is -1.51. The van der Waals surface area contributed by atoms with E-state index in [1.54, 1.807) is 13.1 Å². The van der Waals surface area contributed by atoms with Gasteiger partial charge >= 0.3 is 0 Å². The highest BCUT2D eigenvalue weighted by Crippen LogP contribution is 2.22. The number of amides is 1. The zero-order valence-corrected chi connectivity index (χ0v) is 7.96. The smallest absolute Gasteiger partial charge is 0.264 e. The molecule has 0 bridgehead atoms. The second kappa shape index (κ2) is 3.47. The number of nitrogens with zero attached hydrogens (tertiary/aromatic N) is 1. The first-order chi connectivity index (χ1) is 6.07. The highest BCUT2D eigenvalue weighted by Gasteiger charge is 2.23. The third-order valence-electron chi connectivity index (χ3n) is 1.89. The van der Waals surface area contributed by atoms with Gasteiger partial charge in [-0.3, -0.25) is 4.79 Å². The average Bonchev–Trinajstić information content (AvgIpc) is 2.09. The zero-order valence-electron chi connectivity index (χ0n) is 7.96. The molecule has 1 aliphatic heterocycles. The minimum atomic E-state index is -0.0695. The van der Waals surface area contributed by atoms with E-state index in [-0.39, 0.29) is 12.5 Å². The van der Waals surface area contributed by atoms with Crippen LogP contribution in [-0.2, 0) is 9.53 Å². The minimum absolute atomic E-state index is 0.0695. The van der Waals surface area contributed by atoms with Gasteiger partial charge in [0.2, 0.25) is 0 Å². The Kier molecular flexibility index (Phi) is 2.56. The Bertz CT molecular complexity index is 302. The van der Waals surface area contributed by atoms with Gasteiger partial charge in [-0.05, 0) is 18.6 Å². The van der Waals surface area contributed by atoms with Gasteiger partial charge in [-0.2, -0.15) is 0 Å². The Morgan fingerprint density at radius 1 is 1.69 bits per heavy atom. The van der Waals surface area contributed by atoms with E-state index in [1.807, 2.05) is 6.92 Å². The molecule has 0 atom stereocenters. The molecule has 3 nitrogen and oxygen atoms in total. The van der Waals surface area contributed by atoms with Crippen LogP contribution in [0.2, 0.25) is 0 Å². The van der Waals surface area contributed by atoms with Gasteiger partial charge < -0.3 is 9.64 Å². The molecule has 1 aliphatic rings. The Labute approximate surface area is 78.0 Å². The van der Waals surface area contributed by atoms with E-state index in [1.165, 1.54) is 4.90 Å². The quantitative estimate of drug-likeness (QED) is 0.642. The second-order valence-electron chi connectivity index (χ2n) is 2.94.